The third kappa shape index (κ3) is 4.29. The molecule has 0 saturated heterocycles. The Morgan fingerprint density at radius 3 is 2.30 bits per heavy atom. The monoisotopic (exact) mass is 299 g/mol. The fourth-order valence-electron chi connectivity index (χ4n) is 1.81. The van der Waals surface area contributed by atoms with Gasteiger partial charge in [0.1, 0.15) is 0 Å². The molecule has 4 N–H and O–H groups in total. The molecule has 0 spiro atoms. The van der Waals surface area contributed by atoms with Crippen LogP contribution in [0.3, 0.4) is 0 Å². The van der Waals surface area contributed by atoms with Crippen LogP contribution >= 0.6 is 0 Å². The van der Waals surface area contributed by atoms with Crippen LogP contribution in [0.5, 0.6) is 0 Å². The molecule has 0 aliphatic rings. The van der Waals surface area contributed by atoms with E-state index in [0.29, 0.717) is 19.4 Å². The average molecular weight is 299 g/mol. The number of benzene rings is 1. The molecule has 1 aromatic carbocycles. The molecule has 0 aliphatic carbocycles. The van der Waals surface area contributed by atoms with Gasteiger partial charge in [-0.25, -0.2) is 13.6 Å². The van der Waals surface area contributed by atoms with E-state index in [1.165, 1.54) is 12.1 Å². The highest BCUT2D eigenvalue weighted by molar-refractivity contribution is 7.89. The first kappa shape index (κ1) is 16.6. The number of nitrogens with two attached hydrogens (primary N) is 2. The summed E-state index contributed by atoms with van der Waals surface area (Å²) < 4.78 is 22.4. The Hall–Kier alpha value is -1.44. The lowest BCUT2D eigenvalue weighted by Crippen LogP contribution is -2.29. The van der Waals surface area contributed by atoms with E-state index < -0.39 is 10.0 Å². The normalized spacial score (nSPS) is 13.0. The van der Waals surface area contributed by atoms with Crippen LogP contribution in [-0.2, 0) is 14.8 Å². The van der Waals surface area contributed by atoms with E-state index in [4.69, 9.17) is 10.9 Å². The number of nitrogens with zero attached hydrogens (tertiary/aromatic N) is 1. The molecule has 0 radical (unpaired) electrons. The molecule has 112 valence electrons. The minimum atomic E-state index is -3.69. The third-order valence-electron chi connectivity index (χ3n) is 3.26. The Bertz CT molecular complexity index is 555. The van der Waals surface area contributed by atoms with E-state index in [1.807, 2.05) is 6.92 Å². The van der Waals surface area contributed by atoms with Crippen LogP contribution in [0.25, 0.3) is 0 Å². The standard InChI is InChI=1S/C13H21N3O3S/c1-10(16(2)13(17)4-3-9-14)11-5-7-12(8-6-11)20(15,18)19/h5-8,10H,3-4,9,14H2,1-2H3,(H2,15,18,19). The zero-order valence-electron chi connectivity index (χ0n) is 11.7. The van der Waals surface area contributed by atoms with Gasteiger partial charge in [0, 0.05) is 13.5 Å². The van der Waals surface area contributed by atoms with Gasteiger partial charge in [-0.15, -0.1) is 0 Å². The van der Waals surface area contributed by atoms with Gasteiger partial charge in [0.2, 0.25) is 15.9 Å². The van der Waals surface area contributed by atoms with Crippen LogP contribution in [0.1, 0.15) is 31.4 Å². The van der Waals surface area contributed by atoms with Gasteiger partial charge in [-0.05, 0) is 37.6 Å². The molecular weight excluding hydrogens is 278 g/mol. The van der Waals surface area contributed by atoms with Crippen LogP contribution < -0.4 is 10.9 Å². The largest absolute Gasteiger partial charge is 0.339 e. The van der Waals surface area contributed by atoms with Crippen molar-refractivity contribution in [1.82, 2.24) is 4.90 Å². The summed E-state index contributed by atoms with van der Waals surface area (Å²) >= 11 is 0. The van der Waals surface area contributed by atoms with Gasteiger partial charge in [0.05, 0.1) is 10.9 Å². The van der Waals surface area contributed by atoms with E-state index in [9.17, 15) is 13.2 Å². The molecule has 0 fully saturated rings. The average Bonchev–Trinajstić information content (AvgIpc) is 2.42. The summed E-state index contributed by atoms with van der Waals surface area (Å²) in [6.45, 7) is 2.36. The lowest BCUT2D eigenvalue weighted by Gasteiger charge is -2.25. The van der Waals surface area contributed by atoms with Crippen LogP contribution in [-0.4, -0.2) is 32.8 Å². The van der Waals surface area contributed by atoms with E-state index in [0.717, 1.165) is 5.56 Å². The first-order valence-corrected chi connectivity index (χ1v) is 7.90. The van der Waals surface area contributed by atoms with Gasteiger partial charge in [-0.1, -0.05) is 12.1 Å². The first-order valence-electron chi connectivity index (χ1n) is 6.36. The zero-order valence-corrected chi connectivity index (χ0v) is 12.6. The topological polar surface area (TPSA) is 106 Å². The summed E-state index contributed by atoms with van der Waals surface area (Å²) in [5.74, 6) is 0.0125. The molecule has 6 nitrogen and oxygen atoms in total. The molecule has 7 heteroatoms. The Balaban J connectivity index is 2.82. The maximum atomic E-state index is 11.9. The summed E-state index contributed by atoms with van der Waals surface area (Å²) in [6.07, 6.45) is 1.06. The van der Waals surface area contributed by atoms with Gasteiger partial charge >= 0.3 is 0 Å². The predicted molar refractivity (Wildman–Crippen MR) is 77.3 cm³/mol. The van der Waals surface area contributed by atoms with Crippen LogP contribution in [0.15, 0.2) is 29.2 Å². The van der Waals surface area contributed by atoms with Crippen molar-refractivity contribution < 1.29 is 13.2 Å². The molecule has 0 aliphatic heterocycles. The number of carbonyl (C=O) groups excluding carboxylic acids is 1. The van der Waals surface area contributed by atoms with Crippen molar-refractivity contribution in [3.63, 3.8) is 0 Å². The molecule has 0 heterocycles. The number of carbonyl (C=O) groups is 1. The molecule has 0 aromatic heterocycles. The predicted octanol–water partition coefficient (Wildman–Crippen LogP) is 0.592. The molecule has 1 rings (SSSR count). The van der Waals surface area contributed by atoms with E-state index in [-0.39, 0.29) is 16.8 Å². The van der Waals surface area contributed by atoms with Crippen molar-refractivity contribution in [2.45, 2.75) is 30.7 Å². The zero-order chi connectivity index (χ0) is 15.3. The highest BCUT2D eigenvalue weighted by Crippen LogP contribution is 2.21. The second-order valence-corrected chi connectivity index (χ2v) is 6.25. The molecule has 1 amide bonds. The molecule has 1 atom stereocenters. The van der Waals surface area contributed by atoms with Gasteiger partial charge in [-0.3, -0.25) is 4.79 Å². The van der Waals surface area contributed by atoms with Crippen molar-refractivity contribution in [2.24, 2.45) is 10.9 Å². The molecule has 1 unspecified atom stereocenters. The molecule has 0 saturated carbocycles. The number of hydrogen-bond acceptors (Lipinski definition) is 4. The number of amides is 1. The minimum absolute atomic E-state index is 0.0125. The van der Waals surface area contributed by atoms with Gasteiger partial charge in [0.15, 0.2) is 0 Å². The minimum Gasteiger partial charge on any atom is -0.339 e. The Kier molecular flexibility index (Phi) is 5.67. The van der Waals surface area contributed by atoms with Crippen molar-refractivity contribution in [3.8, 4) is 0 Å². The first-order chi connectivity index (χ1) is 9.27. The number of primary sulfonamides is 1. The van der Waals surface area contributed by atoms with Crippen molar-refractivity contribution >= 4 is 15.9 Å². The van der Waals surface area contributed by atoms with Gasteiger partial charge in [-0.2, -0.15) is 0 Å². The summed E-state index contributed by atoms with van der Waals surface area (Å²) in [7, 11) is -1.97. The lowest BCUT2D eigenvalue weighted by atomic mass is 10.1. The maximum Gasteiger partial charge on any atom is 0.238 e. The Labute approximate surface area is 119 Å². The summed E-state index contributed by atoms with van der Waals surface area (Å²) in [6, 6.07) is 6.07. The van der Waals surface area contributed by atoms with E-state index >= 15 is 0 Å². The summed E-state index contributed by atoms with van der Waals surface area (Å²) in [4.78, 5) is 13.6. The number of sulfonamides is 1. The second kappa shape index (κ2) is 6.83. The van der Waals surface area contributed by atoms with Crippen molar-refractivity contribution in [1.29, 1.82) is 0 Å². The lowest BCUT2D eigenvalue weighted by molar-refractivity contribution is -0.131. The summed E-state index contributed by atoms with van der Waals surface area (Å²) in [5, 5.41) is 5.04. The molecule has 1 aromatic rings. The molecular formula is C13H21N3O3S. The van der Waals surface area contributed by atoms with E-state index in [1.54, 1.807) is 24.1 Å². The van der Waals surface area contributed by atoms with Crippen molar-refractivity contribution in [2.75, 3.05) is 13.6 Å². The third-order valence-corrected chi connectivity index (χ3v) is 4.19. The van der Waals surface area contributed by atoms with E-state index in [2.05, 4.69) is 0 Å². The number of rotatable bonds is 6. The Morgan fingerprint density at radius 1 is 1.30 bits per heavy atom. The molecule has 20 heavy (non-hydrogen) atoms. The van der Waals surface area contributed by atoms with Crippen LogP contribution in [0.4, 0.5) is 0 Å². The maximum absolute atomic E-state index is 11.9. The van der Waals surface area contributed by atoms with Gasteiger partial charge < -0.3 is 10.6 Å². The fourth-order valence-corrected chi connectivity index (χ4v) is 2.32. The number of hydrogen-bond donors (Lipinski definition) is 2. The SMILES string of the molecule is CC(c1ccc(S(N)(=O)=O)cc1)N(C)C(=O)CCCN. The highest BCUT2D eigenvalue weighted by Gasteiger charge is 2.17. The van der Waals surface area contributed by atoms with Crippen LogP contribution in [0.2, 0.25) is 0 Å². The van der Waals surface area contributed by atoms with Gasteiger partial charge in [0.25, 0.3) is 0 Å². The second-order valence-electron chi connectivity index (χ2n) is 4.69. The highest BCUT2D eigenvalue weighted by atomic mass is 32.2. The molecule has 0 bridgehead atoms. The van der Waals surface area contributed by atoms with Crippen molar-refractivity contribution in [3.05, 3.63) is 29.8 Å². The smallest absolute Gasteiger partial charge is 0.238 e. The quantitative estimate of drug-likeness (QED) is 0.801. The van der Waals surface area contributed by atoms with Crippen LogP contribution in [0, 0.1) is 0 Å². The Morgan fingerprint density at radius 2 is 1.85 bits per heavy atom. The fraction of sp³-hybridized carbons (Fsp3) is 0.462. The summed E-state index contributed by atoms with van der Waals surface area (Å²) in [5.41, 5.74) is 6.23.